The van der Waals surface area contributed by atoms with Gasteiger partial charge in [-0.05, 0) is 24.8 Å². The topological polar surface area (TPSA) is 55.1 Å². The van der Waals surface area contributed by atoms with E-state index in [2.05, 4.69) is 26.1 Å². The SMILES string of the molecule is CCC(CC)C(C)NC(=O)[C@H](N)Cc1ccccc1. The first-order chi connectivity index (χ1) is 9.08. The quantitative estimate of drug-likeness (QED) is 0.793. The minimum absolute atomic E-state index is 0.0525. The van der Waals surface area contributed by atoms with Crippen molar-refractivity contribution < 1.29 is 4.79 Å². The zero-order valence-electron chi connectivity index (χ0n) is 12.2. The van der Waals surface area contributed by atoms with Crippen molar-refractivity contribution in [1.82, 2.24) is 5.32 Å². The van der Waals surface area contributed by atoms with Gasteiger partial charge in [-0.15, -0.1) is 0 Å². The Morgan fingerprint density at radius 2 is 1.79 bits per heavy atom. The molecule has 0 aliphatic rings. The minimum atomic E-state index is -0.473. The molecular formula is C16H26N2O. The molecule has 0 radical (unpaired) electrons. The molecule has 0 heterocycles. The van der Waals surface area contributed by atoms with Crippen LogP contribution < -0.4 is 11.1 Å². The van der Waals surface area contributed by atoms with Gasteiger partial charge in [0.05, 0.1) is 6.04 Å². The summed E-state index contributed by atoms with van der Waals surface area (Å²) >= 11 is 0. The predicted octanol–water partition coefficient (Wildman–Crippen LogP) is 2.50. The fourth-order valence-corrected chi connectivity index (χ4v) is 2.41. The first-order valence-corrected chi connectivity index (χ1v) is 7.18. The molecule has 19 heavy (non-hydrogen) atoms. The fraction of sp³-hybridized carbons (Fsp3) is 0.562. The van der Waals surface area contributed by atoms with E-state index in [9.17, 15) is 4.79 Å². The summed E-state index contributed by atoms with van der Waals surface area (Å²) in [5.74, 6) is 0.469. The lowest BCUT2D eigenvalue weighted by atomic mass is 9.95. The van der Waals surface area contributed by atoms with E-state index >= 15 is 0 Å². The summed E-state index contributed by atoms with van der Waals surface area (Å²) in [6, 6.07) is 9.60. The highest BCUT2D eigenvalue weighted by Crippen LogP contribution is 2.12. The van der Waals surface area contributed by atoms with Crippen LogP contribution in [0.4, 0.5) is 0 Å². The molecule has 1 aromatic rings. The fourth-order valence-electron chi connectivity index (χ4n) is 2.41. The summed E-state index contributed by atoms with van der Waals surface area (Å²) in [6.45, 7) is 6.37. The Balaban J connectivity index is 2.49. The summed E-state index contributed by atoms with van der Waals surface area (Å²) in [5, 5.41) is 3.04. The zero-order chi connectivity index (χ0) is 14.3. The van der Waals surface area contributed by atoms with Crippen LogP contribution in [0.5, 0.6) is 0 Å². The third kappa shape index (κ3) is 5.03. The maximum absolute atomic E-state index is 12.1. The summed E-state index contributed by atoms with van der Waals surface area (Å²) in [5.41, 5.74) is 7.07. The van der Waals surface area contributed by atoms with E-state index in [4.69, 9.17) is 5.73 Å². The number of hydrogen-bond donors (Lipinski definition) is 2. The van der Waals surface area contributed by atoms with Gasteiger partial charge in [0.2, 0.25) is 5.91 Å². The number of hydrogen-bond acceptors (Lipinski definition) is 2. The van der Waals surface area contributed by atoms with E-state index in [1.54, 1.807) is 0 Å². The molecule has 0 bridgehead atoms. The molecule has 3 heteroatoms. The molecule has 0 spiro atoms. The van der Waals surface area contributed by atoms with Crippen LogP contribution in [0.2, 0.25) is 0 Å². The molecule has 3 nitrogen and oxygen atoms in total. The van der Waals surface area contributed by atoms with Gasteiger partial charge in [-0.3, -0.25) is 4.79 Å². The van der Waals surface area contributed by atoms with Gasteiger partial charge < -0.3 is 11.1 Å². The van der Waals surface area contributed by atoms with Crippen LogP contribution in [0.1, 0.15) is 39.2 Å². The van der Waals surface area contributed by atoms with Crippen LogP contribution in [0.3, 0.4) is 0 Å². The molecule has 0 aliphatic heterocycles. The summed E-state index contributed by atoms with van der Waals surface area (Å²) in [7, 11) is 0. The van der Waals surface area contributed by atoms with E-state index in [-0.39, 0.29) is 11.9 Å². The van der Waals surface area contributed by atoms with Crippen LogP contribution in [0.25, 0.3) is 0 Å². The zero-order valence-corrected chi connectivity index (χ0v) is 12.2. The van der Waals surface area contributed by atoms with Crippen molar-refractivity contribution in [3.63, 3.8) is 0 Å². The Bertz CT molecular complexity index is 374. The third-order valence-electron chi connectivity index (χ3n) is 3.76. The molecule has 0 fully saturated rings. The standard InChI is InChI=1S/C16H26N2O/c1-4-14(5-2)12(3)18-16(19)15(17)11-13-9-7-6-8-10-13/h6-10,12,14-15H,4-5,11,17H2,1-3H3,(H,18,19)/t12?,15-/m1/s1. The lowest BCUT2D eigenvalue weighted by Gasteiger charge is -2.24. The number of nitrogens with two attached hydrogens (primary N) is 1. The number of amides is 1. The number of nitrogens with one attached hydrogen (secondary N) is 1. The normalized spacial score (nSPS) is 14.2. The molecule has 1 aromatic carbocycles. The van der Waals surface area contributed by atoms with Gasteiger partial charge in [0.25, 0.3) is 0 Å². The lowest BCUT2D eigenvalue weighted by molar-refractivity contribution is -0.123. The molecule has 3 N–H and O–H groups in total. The van der Waals surface area contributed by atoms with E-state index in [0.717, 1.165) is 18.4 Å². The largest absolute Gasteiger partial charge is 0.352 e. The van der Waals surface area contributed by atoms with E-state index in [0.29, 0.717) is 12.3 Å². The molecular weight excluding hydrogens is 236 g/mol. The van der Waals surface area contributed by atoms with Crippen molar-refractivity contribution in [2.45, 2.75) is 52.1 Å². The van der Waals surface area contributed by atoms with Crippen molar-refractivity contribution in [1.29, 1.82) is 0 Å². The van der Waals surface area contributed by atoms with Gasteiger partial charge in [-0.25, -0.2) is 0 Å². The average molecular weight is 262 g/mol. The second-order valence-electron chi connectivity index (χ2n) is 5.17. The molecule has 106 valence electrons. The third-order valence-corrected chi connectivity index (χ3v) is 3.76. The number of benzene rings is 1. The molecule has 0 saturated carbocycles. The van der Waals surface area contributed by atoms with Crippen LogP contribution in [-0.4, -0.2) is 18.0 Å². The van der Waals surface area contributed by atoms with Crippen molar-refractivity contribution in [3.8, 4) is 0 Å². The Labute approximate surface area is 116 Å². The first-order valence-electron chi connectivity index (χ1n) is 7.18. The van der Waals surface area contributed by atoms with Crippen LogP contribution in [0, 0.1) is 5.92 Å². The molecule has 0 saturated heterocycles. The Kier molecular flexibility index (Phi) is 6.57. The molecule has 1 unspecified atom stereocenters. The maximum atomic E-state index is 12.1. The number of carbonyl (C=O) groups excluding carboxylic acids is 1. The summed E-state index contributed by atoms with van der Waals surface area (Å²) in [6.07, 6.45) is 2.74. The molecule has 1 amide bonds. The highest BCUT2D eigenvalue weighted by atomic mass is 16.2. The lowest BCUT2D eigenvalue weighted by Crippen LogP contribution is -2.47. The van der Waals surface area contributed by atoms with Gasteiger partial charge in [-0.2, -0.15) is 0 Å². The van der Waals surface area contributed by atoms with Gasteiger partial charge in [0.15, 0.2) is 0 Å². The average Bonchev–Trinajstić information content (AvgIpc) is 2.41. The minimum Gasteiger partial charge on any atom is -0.352 e. The van der Waals surface area contributed by atoms with Gasteiger partial charge in [0.1, 0.15) is 0 Å². The Morgan fingerprint density at radius 1 is 1.21 bits per heavy atom. The predicted molar refractivity (Wildman–Crippen MR) is 79.8 cm³/mol. The second-order valence-corrected chi connectivity index (χ2v) is 5.17. The van der Waals surface area contributed by atoms with Crippen molar-refractivity contribution in [3.05, 3.63) is 35.9 Å². The van der Waals surface area contributed by atoms with Gasteiger partial charge in [-0.1, -0.05) is 57.0 Å². The van der Waals surface area contributed by atoms with Gasteiger partial charge >= 0.3 is 0 Å². The first kappa shape index (κ1) is 15.7. The van der Waals surface area contributed by atoms with Crippen molar-refractivity contribution in [2.24, 2.45) is 11.7 Å². The highest BCUT2D eigenvalue weighted by Gasteiger charge is 2.20. The van der Waals surface area contributed by atoms with Crippen LogP contribution in [-0.2, 0) is 11.2 Å². The summed E-state index contributed by atoms with van der Waals surface area (Å²) in [4.78, 5) is 12.1. The number of rotatable bonds is 7. The number of carbonyl (C=O) groups is 1. The summed E-state index contributed by atoms with van der Waals surface area (Å²) < 4.78 is 0. The molecule has 2 atom stereocenters. The highest BCUT2D eigenvalue weighted by molar-refractivity contribution is 5.82. The smallest absolute Gasteiger partial charge is 0.237 e. The Hall–Kier alpha value is -1.35. The van der Waals surface area contributed by atoms with E-state index in [1.165, 1.54) is 0 Å². The molecule has 0 aromatic heterocycles. The van der Waals surface area contributed by atoms with Crippen LogP contribution in [0.15, 0.2) is 30.3 Å². The molecule has 0 aliphatic carbocycles. The Morgan fingerprint density at radius 3 is 2.32 bits per heavy atom. The maximum Gasteiger partial charge on any atom is 0.237 e. The van der Waals surface area contributed by atoms with Gasteiger partial charge in [0, 0.05) is 6.04 Å². The molecule has 1 rings (SSSR count). The van der Waals surface area contributed by atoms with E-state index < -0.39 is 6.04 Å². The van der Waals surface area contributed by atoms with Crippen molar-refractivity contribution >= 4 is 5.91 Å². The monoisotopic (exact) mass is 262 g/mol. The van der Waals surface area contributed by atoms with Crippen molar-refractivity contribution in [2.75, 3.05) is 0 Å². The second kappa shape index (κ2) is 7.95. The van der Waals surface area contributed by atoms with Crippen LogP contribution >= 0.6 is 0 Å². The van der Waals surface area contributed by atoms with E-state index in [1.807, 2.05) is 30.3 Å².